The van der Waals surface area contributed by atoms with Crippen molar-refractivity contribution >= 4 is 28.8 Å². The van der Waals surface area contributed by atoms with E-state index in [2.05, 4.69) is 25.7 Å². The SMILES string of the molecule is O=C(Nc1ccccc1N1CCOCC1)c1ccc(Nc2ccccc2F)nn1. The fraction of sp³-hybridized carbons (Fsp3) is 0.190. The molecule has 0 unspecified atom stereocenters. The zero-order chi connectivity index (χ0) is 20.1. The number of aromatic nitrogens is 2. The van der Waals surface area contributed by atoms with E-state index in [1.54, 1.807) is 30.3 Å². The first-order chi connectivity index (χ1) is 14.2. The average Bonchev–Trinajstić information content (AvgIpc) is 2.77. The molecule has 0 spiro atoms. The number of rotatable bonds is 5. The molecule has 148 valence electrons. The summed E-state index contributed by atoms with van der Waals surface area (Å²) in [6, 6.07) is 17.0. The van der Waals surface area contributed by atoms with Gasteiger partial charge in [-0.3, -0.25) is 4.79 Å². The summed E-state index contributed by atoms with van der Waals surface area (Å²) in [6.07, 6.45) is 0. The van der Waals surface area contributed by atoms with E-state index in [4.69, 9.17) is 4.74 Å². The quantitative estimate of drug-likeness (QED) is 0.691. The topological polar surface area (TPSA) is 79.4 Å². The lowest BCUT2D eigenvalue weighted by molar-refractivity contribution is 0.102. The van der Waals surface area contributed by atoms with Crippen LogP contribution >= 0.6 is 0 Å². The number of anilines is 4. The fourth-order valence-corrected chi connectivity index (χ4v) is 3.07. The second kappa shape index (κ2) is 8.66. The van der Waals surface area contributed by atoms with Crippen molar-refractivity contribution in [2.45, 2.75) is 0 Å². The maximum atomic E-state index is 13.7. The molecular weight excluding hydrogens is 373 g/mol. The molecule has 1 aliphatic rings. The van der Waals surface area contributed by atoms with Gasteiger partial charge >= 0.3 is 0 Å². The highest BCUT2D eigenvalue weighted by Gasteiger charge is 2.17. The molecule has 1 aromatic heterocycles. The third-order valence-electron chi connectivity index (χ3n) is 4.54. The van der Waals surface area contributed by atoms with Crippen molar-refractivity contribution in [2.75, 3.05) is 41.8 Å². The summed E-state index contributed by atoms with van der Waals surface area (Å²) in [7, 11) is 0. The molecule has 29 heavy (non-hydrogen) atoms. The van der Waals surface area contributed by atoms with Gasteiger partial charge in [0.2, 0.25) is 0 Å². The molecule has 7 nitrogen and oxygen atoms in total. The molecule has 0 atom stereocenters. The minimum atomic E-state index is -0.393. The molecule has 1 saturated heterocycles. The Morgan fingerprint density at radius 2 is 1.66 bits per heavy atom. The number of carbonyl (C=O) groups is 1. The average molecular weight is 393 g/mol. The van der Waals surface area contributed by atoms with Crippen molar-refractivity contribution in [3.63, 3.8) is 0 Å². The molecule has 1 fully saturated rings. The summed E-state index contributed by atoms with van der Waals surface area (Å²) < 4.78 is 19.1. The first kappa shape index (κ1) is 18.8. The molecule has 0 aliphatic carbocycles. The van der Waals surface area contributed by atoms with Gasteiger partial charge in [-0.05, 0) is 36.4 Å². The van der Waals surface area contributed by atoms with Gasteiger partial charge in [0.25, 0.3) is 5.91 Å². The lowest BCUT2D eigenvalue weighted by Gasteiger charge is -2.30. The van der Waals surface area contributed by atoms with E-state index in [0.717, 1.165) is 18.8 Å². The lowest BCUT2D eigenvalue weighted by atomic mass is 10.2. The molecule has 0 radical (unpaired) electrons. The second-order valence-corrected chi connectivity index (χ2v) is 6.48. The van der Waals surface area contributed by atoms with Crippen LogP contribution in [0.4, 0.5) is 27.3 Å². The normalized spacial score (nSPS) is 13.8. The number of benzene rings is 2. The molecule has 1 aliphatic heterocycles. The van der Waals surface area contributed by atoms with Crippen LogP contribution in [-0.2, 0) is 4.74 Å². The predicted molar refractivity (Wildman–Crippen MR) is 109 cm³/mol. The molecule has 8 heteroatoms. The van der Waals surface area contributed by atoms with Gasteiger partial charge in [0.1, 0.15) is 5.82 Å². The Morgan fingerprint density at radius 3 is 2.38 bits per heavy atom. The van der Waals surface area contributed by atoms with Crippen molar-refractivity contribution < 1.29 is 13.9 Å². The van der Waals surface area contributed by atoms with Gasteiger partial charge in [0.05, 0.1) is 30.3 Å². The van der Waals surface area contributed by atoms with E-state index in [-0.39, 0.29) is 11.6 Å². The molecule has 0 saturated carbocycles. The Hall–Kier alpha value is -3.52. The molecule has 2 N–H and O–H groups in total. The van der Waals surface area contributed by atoms with Crippen LogP contribution in [0.25, 0.3) is 0 Å². The molecule has 1 amide bonds. The number of nitrogens with one attached hydrogen (secondary N) is 2. The predicted octanol–water partition coefficient (Wildman–Crippen LogP) is 3.45. The Morgan fingerprint density at radius 1 is 0.931 bits per heavy atom. The number of para-hydroxylation sites is 3. The monoisotopic (exact) mass is 393 g/mol. The van der Waals surface area contributed by atoms with E-state index in [9.17, 15) is 9.18 Å². The highest BCUT2D eigenvalue weighted by atomic mass is 19.1. The van der Waals surface area contributed by atoms with E-state index in [0.29, 0.717) is 30.4 Å². The van der Waals surface area contributed by atoms with Crippen LogP contribution < -0.4 is 15.5 Å². The van der Waals surface area contributed by atoms with Gasteiger partial charge in [-0.2, -0.15) is 0 Å². The van der Waals surface area contributed by atoms with E-state index >= 15 is 0 Å². The maximum absolute atomic E-state index is 13.7. The smallest absolute Gasteiger partial charge is 0.276 e. The van der Waals surface area contributed by atoms with Gasteiger partial charge in [-0.1, -0.05) is 24.3 Å². The molecule has 2 heterocycles. The first-order valence-electron chi connectivity index (χ1n) is 9.29. The van der Waals surface area contributed by atoms with Crippen LogP contribution in [0.5, 0.6) is 0 Å². The van der Waals surface area contributed by atoms with Crippen LogP contribution in [0.3, 0.4) is 0 Å². The van der Waals surface area contributed by atoms with Crippen LogP contribution in [0.2, 0.25) is 0 Å². The van der Waals surface area contributed by atoms with Crippen molar-refractivity contribution in [2.24, 2.45) is 0 Å². The summed E-state index contributed by atoms with van der Waals surface area (Å²) in [5.41, 5.74) is 2.10. The van der Waals surface area contributed by atoms with E-state index in [1.807, 2.05) is 24.3 Å². The second-order valence-electron chi connectivity index (χ2n) is 6.48. The Labute approximate surface area is 167 Å². The summed E-state index contributed by atoms with van der Waals surface area (Å²) in [5, 5.41) is 13.7. The highest BCUT2D eigenvalue weighted by molar-refractivity contribution is 6.04. The minimum Gasteiger partial charge on any atom is -0.378 e. The Bertz CT molecular complexity index is 990. The summed E-state index contributed by atoms with van der Waals surface area (Å²) in [5.74, 6) is -0.410. The zero-order valence-electron chi connectivity index (χ0n) is 15.6. The number of amides is 1. The lowest BCUT2D eigenvalue weighted by Crippen LogP contribution is -2.36. The molecular formula is C21H20FN5O2. The minimum absolute atomic E-state index is 0.167. The van der Waals surface area contributed by atoms with Gasteiger partial charge in [0, 0.05) is 13.1 Å². The van der Waals surface area contributed by atoms with Crippen molar-refractivity contribution in [3.8, 4) is 0 Å². The van der Waals surface area contributed by atoms with Crippen LogP contribution in [-0.4, -0.2) is 42.4 Å². The third kappa shape index (κ3) is 4.49. The van der Waals surface area contributed by atoms with Gasteiger partial charge in [-0.15, -0.1) is 10.2 Å². The number of carbonyl (C=O) groups excluding carboxylic acids is 1. The largest absolute Gasteiger partial charge is 0.378 e. The molecule has 0 bridgehead atoms. The summed E-state index contributed by atoms with van der Waals surface area (Å²) in [6.45, 7) is 2.85. The van der Waals surface area contributed by atoms with Gasteiger partial charge in [0.15, 0.2) is 11.5 Å². The van der Waals surface area contributed by atoms with Crippen molar-refractivity contribution in [1.29, 1.82) is 0 Å². The molecule has 4 rings (SSSR count). The number of halogens is 1. The number of ether oxygens (including phenoxy) is 1. The third-order valence-corrected chi connectivity index (χ3v) is 4.54. The van der Waals surface area contributed by atoms with Gasteiger partial charge in [-0.25, -0.2) is 4.39 Å². The van der Waals surface area contributed by atoms with E-state index in [1.165, 1.54) is 6.07 Å². The maximum Gasteiger partial charge on any atom is 0.276 e. The van der Waals surface area contributed by atoms with Crippen LogP contribution in [0.1, 0.15) is 10.5 Å². The van der Waals surface area contributed by atoms with E-state index < -0.39 is 5.82 Å². The van der Waals surface area contributed by atoms with Gasteiger partial charge < -0.3 is 20.3 Å². The Kier molecular flexibility index (Phi) is 5.62. The van der Waals surface area contributed by atoms with Crippen molar-refractivity contribution in [1.82, 2.24) is 10.2 Å². The zero-order valence-corrected chi connectivity index (χ0v) is 15.6. The van der Waals surface area contributed by atoms with Crippen LogP contribution in [0, 0.1) is 5.82 Å². The fourth-order valence-electron chi connectivity index (χ4n) is 3.07. The Balaban J connectivity index is 1.46. The molecule has 2 aromatic carbocycles. The van der Waals surface area contributed by atoms with Crippen LogP contribution in [0.15, 0.2) is 60.7 Å². The standard InChI is InChI=1S/C21H20FN5O2/c22-15-5-1-2-6-16(15)23-20-10-9-18(25-26-20)21(28)24-17-7-3-4-8-19(17)27-11-13-29-14-12-27/h1-10H,11-14H2,(H,23,26)(H,24,28). The summed E-state index contributed by atoms with van der Waals surface area (Å²) >= 11 is 0. The number of nitrogens with zero attached hydrogens (tertiary/aromatic N) is 3. The first-order valence-corrected chi connectivity index (χ1v) is 9.29. The molecule has 3 aromatic rings. The van der Waals surface area contributed by atoms with Crippen molar-refractivity contribution in [3.05, 3.63) is 72.2 Å². The number of hydrogen-bond acceptors (Lipinski definition) is 6. The highest BCUT2D eigenvalue weighted by Crippen LogP contribution is 2.26. The number of morpholine rings is 1. The number of hydrogen-bond donors (Lipinski definition) is 2. The summed E-state index contributed by atoms with van der Waals surface area (Å²) in [4.78, 5) is 14.8.